The molecule has 29 heavy (non-hydrogen) atoms. The van der Waals surface area contributed by atoms with Gasteiger partial charge in [0.15, 0.2) is 17.6 Å². The summed E-state index contributed by atoms with van der Waals surface area (Å²) in [6.45, 7) is 4.95. The molecule has 0 aliphatic carbocycles. The molecule has 8 heteroatoms. The number of carbonyl (C=O) groups excluding carboxylic acids is 3. The SMILES string of the molecule is Cc1cccc(C(=O)N[C@@H](C)C(=O)O[C@H](C)C(=O)Nc2ccc3c(c2)OCO3)c1. The normalized spacial score (nSPS) is 13.9. The molecule has 152 valence electrons. The van der Waals surface area contributed by atoms with E-state index < -0.39 is 29.9 Å². The first-order chi connectivity index (χ1) is 13.8. The standard InChI is InChI=1S/C21H22N2O6/c1-12-5-4-6-15(9-12)20(25)22-13(2)21(26)29-14(3)19(24)23-16-7-8-17-18(10-16)28-11-27-17/h4-10,13-14H,11H2,1-3H3,(H,22,25)(H,23,24)/t13-,14+/m0/s1. The molecule has 0 spiro atoms. The third-order valence-electron chi connectivity index (χ3n) is 4.28. The Bertz CT molecular complexity index is 943. The van der Waals surface area contributed by atoms with Crippen molar-refractivity contribution < 1.29 is 28.6 Å². The van der Waals surface area contributed by atoms with Crippen LogP contribution in [0.3, 0.4) is 0 Å². The molecule has 2 aromatic rings. The lowest BCUT2D eigenvalue weighted by atomic mass is 10.1. The Morgan fingerprint density at radius 2 is 1.79 bits per heavy atom. The number of anilines is 1. The Hall–Kier alpha value is -3.55. The van der Waals surface area contributed by atoms with Crippen LogP contribution < -0.4 is 20.1 Å². The monoisotopic (exact) mass is 398 g/mol. The van der Waals surface area contributed by atoms with Gasteiger partial charge in [-0.05, 0) is 45.0 Å². The summed E-state index contributed by atoms with van der Waals surface area (Å²) in [6.07, 6.45) is -1.05. The minimum absolute atomic E-state index is 0.132. The molecule has 0 aromatic heterocycles. The fourth-order valence-electron chi connectivity index (χ4n) is 2.67. The number of aryl methyl sites for hydroxylation is 1. The van der Waals surface area contributed by atoms with E-state index in [2.05, 4.69) is 10.6 Å². The average molecular weight is 398 g/mol. The van der Waals surface area contributed by atoms with Gasteiger partial charge in [0.1, 0.15) is 6.04 Å². The van der Waals surface area contributed by atoms with E-state index in [0.29, 0.717) is 22.7 Å². The number of ether oxygens (including phenoxy) is 3. The molecule has 2 atom stereocenters. The zero-order chi connectivity index (χ0) is 21.0. The molecule has 0 saturated heterocycles. The van der Waals surface area contributed by atoms with E-state index in [1.807, 2.05) is 13.0 Å². The Balaban J connectivity index is 1.52. The van der Waals surface area contributed by atoms with Gasteiger partial charge in [-0.25, -0.2) is 4.79 Å². The molecule has 2 aromatic carbocycles. The summed E-state index contributed by atoms with van der Waals surface area (Å²) in [5, 5.41) is 5.22. The van der Waals surface area contributed by atoms with Gasteiger partial charge in [-0.15, -0.1) is 0 Å². The molecule has 0 saturated carbocycles. The maximum atomic E-state index is 12.3. The lowest BCUT2D eigenvalue weighted by Gasteiger charge is -2.18. The molecule has 1 heterocycles. The fraction of sp³-hybridized carbons (Fsp3) is 0.286. The van der Waals surface area contributed by atoms with E-state index in [0.717, 1.165) is 5.56 Å². The number of carbonyl (C=O) groups is 3. The molecular weight excluding hydrogens is 376 g/mol. The molecule has 3 rings (SSSR count). The molecular formula is C21H22N2O6. The maximum Gasteiger partial charge on any atom is 0.329 e. The lowest BCUT2D eigenvalue weighted by molar-refractivity contribution is -0.154. The summed E-state index contributed by atoms with van der Waals surface area (Å²) in [5.74, 6) is -0.482. The lowest BCUT2D eigenvalue weighted by Crippen LogP contribution is -2.42. The summed E-state index contributed by atoms with van der Waals surface area (Å²) < 4.78 is 15.7. The molecule has 8 nitrogen and oxygen atoms in total. The number of benzene rings is 2. The number of hydrogen-bond donors (Lipinski definition) is 2. The van der Waals surface area contributed by atoms with Crippen molar-refractivity contribution in [3.63, 3.8) is 0 Å². The first-order valence-electron chi connectivity index (χ1n) is 9.12. The second kappa shape index (κ2) is 8.64. The van der Waals surface area contributed by atoms with Gasteiger partial charge in [0.25, 0.3) is 11.8 Å². The van der Waals surface area contributed by atoms with Gasteiger partial charge in [0.05, 0.1) is 0 Å². The number of nitrogens with one attached hydrogen (secondary N) is 2. The van der Waals surface area contributed by atoms with Gasteiger partial charge in [0, 0.05) is 17.3 Å². The Kier molecular flexibility index (Phi) is 6.01. The molecule has 0 bridgehead atoms. The van der Waals surface area contributed by atoms with Crippen molar-refractivity contribution in [1.82, 2.24) is 5.32 Å². The van der Waals surface area contributed by atoms with Crippen LogP contribution in [0.2, 0.25) is 0 Å². The van der Waals surface area contributed by atoms with Crippen LogP contribution in [-0.4, -0.2) is 36.7 Å². The summed E-state index contributed by atoms with van der Waals surface area (Å²) >= 11 is 0. The van der Waals surface area contributed by atoms with E-state index in [4.69, 9.17) is 14.2 Å². The molecule has 0 fully saturated rings. The maximum absolute atomic E-state index is 12.3. The number of fused-ring (bicyclic) bond motifs is 1. The molecule has 2 N–H and O–H groups in total. The molecule has 1 aliphatic heterocycles. The van der Waals surface area contributed by atoms with Gasteiger partial charge in [-0.1, -0.05) is 17.7 Å². The zero-order valence-corrected chi connectivity index (χ0v) is 16.4. The molecule has 0 unspecified atom stereocenters. The van der Waals surface area contributed by atoms with Crippen LogP contribution in [0.5, 0.6) is 11.5 Å². The summed E-state index contributed by atoms with van der Waals surface area (Å²) in [7, 11) is 0. The van der Waals surface area contributed by atoms with E-state index in [9.17, 15) is 14.4 Å². The predicted molar refractivity (Wildman–Crippen MR) is 105 cm³/mol. The van der Waals surface area contributed by atoms with E-state index in [-0.39, 0.29) is 6.79 Å². The van der Waals surface area contributed by atoms with Crippen LogP contribution in [0.4, 0.5) is 5.69 Å². The van der Waals surface area contributed by atoms with Gasteiger partial charge < -0.3 is 24.8 Å². The number of rotatable bonds is 6. The van der Waals surface area contributed by atoms with Crippen LogP contribution in [0.15, 0.2) is 42.5 Å². The van der Waals surface area contributed by atoms with Crippen LogP contribution in [0.25, 0.3) is 0 Å². The summed E-state index contributed by atoms with van der Waals surface area (Å²) in [4.78, 5) is 36.8. The quantitative estimate of drug-likeness (QED) is 0.725. The third-order valence-corrected chi connectivity index (χ3v) is 4.28. The Labute approximate surface area is 168 Å². The van der Waals surface area contributed by atoms with Gasteiger partial charge in [0.2, 0.25) is 6.79 Å². The highest BCUT2D eigenvalue weighted by Crippen LogP contribution is 2.34. The topological polar surface area (TPSA) is 103 Å². The average Bonchev–Trinajstić information content (AvgIpc) is 3.15. The van der Waals surface area contributed by atoms with Crippen molar-refractivity contribution in [2.45, 2.75) is 32.9 Å². The molecule has 1 aliphatic rings. The zero-order valence-electron chi connectivity index (χ0n) is 16.4. The van der Waals surface area contributed by atoms with E-state index in [1.165, 1.54) is 13.8 Å². The van der Waals surface area contributed by atoms with Crippen molar-refractivity contribution in [1.29, 1.82) is 0 Å². The molecule has 0 radical (unpaired) electrons. The fourth-order valence-corrected chi connectivity index (χ4v) is 2.67. The van der Waals surface area contributed by atoms with Crippen LogP contribution in [0, 0.1) is 6.92 Å². The highest BCUT2D eigenvalue weighted by Gasteiger charge is 2.24. The smallest absolute Gasteiger partial charge is 0.329 e. The number of amides is 2. The first kappa shape index (κ1) is 20.2. The number of hydrogen-bond acceptors (Lipinski definition) is 6. The van der Waals surface area contributed by atoms with E-state index in [1.54, 1.807) is 36.4 Å². The van der Waals surface area contributed by atoms with Gasteiger partial charge in [-0.3, -0.25) is 9.59 Å². The third kappa shape index (κ3) is 5.04. The molecule has 2 amide bonds. The highest BCUT2D eigenvalue weighted by atomic mass is 16.7. The van der Waals surface area contributed by atoms with E-state index >= 15 is 0 Å². The minimum Gasteiger partial charge on any atom is -0.454 e. The summed E-state index contributed by atoms with van der Waals surface area (Å²) in [6, 6.07) is 11.0. The van der Waals surface area contributed by atoms with Crippen LogP contribution >= 0.6 is 0 Å². The van der Waals surface area contributed by atoms with Gasteiger partial charge in [-0.2, -0.15) is 0 Å². The highest BCUT2D eigenvalue weighted by molar-refractivity contribution is 5.98. The van der Waals surface area contributed by atoms with Gasteiger partial charge >= 0.3 is 5.97 Å². The van der Waals surface area contributed by atoms with Crippen molar-refractivity contribution in [2.24, 2.45) is 0 Å². The minimum atomic E-state index is -1.05. The predicted octanol–water partition coefficient (Wildman–Crippen LogP) is 2.41. The van der Waals surface area contributed by atoms with Crippen molar-refractivity contribution in [3.8, 4) is 11.5 Å². The Morgan fingerprint density at radius 3 is 2.55 bits per heavy atom. The second-order valence-electron chi connectivity index (χ2n) is 6.70. The van der Waals surface area contributed by atoms with Crippen LogP contribution in [-0.2, 0) is 14.3 Å². The first-order valence-corrected chi connectivity index (χ1v) is 9.12. The van der Waals surface area contributed by atoms with Crippen LogP contribution in [0.1, 0.15) is 29.8 Å². The van der Waals surface area contributed by atoms with Crippen molar-refractivity contribution >= 4 is 23.5 Å². The van der Waals surface area contributed by atoms with Crippen molar-refractivity contribution in [3.05, 3.63) is 53.6 Å². The summed E-state index contributed by atoms with van der Waals surface area (Å²) in [5.41, 5.74) is 1.86. The van der Waals surface area contributed by atoms with Crippen molar-refractivity contribution in [2.75, 3.05) is 12.1 Å². The second-order valence-corrected chi connectivity index (χ2v) is 6.70. The number of esters is 1. The Morgan fingerprint density at radius 1 is 1.03 bits per heavy atom. The largest absolute Gasteiger partial charge is 0.454 e.